The van der Waals surface area contributed by atoms with Gasteiger partial charge in [-0.1, -0.05) is 48.2 Å². The number of anilines is 1. The van der Waals surface area contributed by atoms with Crippen molar-refractivity contribution >= 4 is 34.7 Å². The van der Waals surface area contributed by atoms with Crippen LogP contribution < -0.4 is 10.6 Å². The molecule has 6 aromatic rings. The summed E-state index contributed by atoms with van der Waals surface area (Å²) in [5, 5.41) is 20.1. The number of ether oxygens (including phenoxy) is 1. The van der Waals surface area contributed by atoms with Gasteiger partial charge < -0.3 is 19.5 Å². The third-order valence-electron chi connectivity index (χ3n) is 10.2. The topological polar surface area (TPSA) is 154 Å². The molecule has 4 aromatic heterocycles. The second-order valence-corrected chi connectivity index (χ2v) is 14.8. The minimum atomic E-state index is -0.655. The molecule has 7 heterocycles. The summed E-state index contributed by atoms with van der Waals surface area (Å²) in [5.74, 6) is 7.51. The summed E-state index contributed by atoms with van der Waals surface area (Å²) in [6, 6.07) is 15.3. The van der Waals surface area contributed by atoms with Gasteiger partial charge in [0.15, 0.2) is 5.82 Å². The van der Waals surface area contributed by atoms with Crippen molar-refractivity contribution in [2.24, 2.45) is 0 Å². The number of imide groups is 1. The normalized spacial score (nSPS) is 16.2. The maximum Gasteiger partial charge on any atom is 0.255 e. The Morgan fingerprint density at radius 2 is 1.89 bits per heavy atom. The van der Waals surface area contributed by atoms with Crippen LogP contribution >= 0.6 is 11.3 Å². The molecule has 0 bridgehead atoms. The highest BCUT2D eigenvalue weighted by Gasteiger charge is 2.40. The summed E-state index contributed by atoms with van der Waals surface area (Å²) >= 11 is 1.65. The number of aryl methyl sites for hydroxylation is 3. The van der Waals surface area contributed by atoms with Crippen LogP contribution in [-0.2, 0) is 60.1 Å². The summed E-state index contributed by atoms with van der Waals surface area (Å²) in [6.07, 6.45) is 8.83. The van der Waals surface area contributed by atoms with Gasteiger partial charge in [0.1, 0.15) is 23.5 Å². The number of imidazole rings is 1. The van der Waals surface area contributed by atoms with Gasteiger partial charge in [-0.2, -0.15) is 5.10 Å². The van der Waals surface area contributed by atoms with Crippen LogP contribution in [0, 0.1) is 18.8 Å². The number of carbonyl (C=O) groups excluding carboxylic acids is 3. The van der Waals surface area contributed by atoms with E-state index in [9.17, 15) is 14.4 Å². The predicted molar refractivity (Wildman–Crippen MR) is 202 cm³/mol. The molecule has 0 aliphatic carbocycles. The number of amides is 3. The van der Waals surface area contributed by atoms with Crippen LogP contribution in [0.3, 0.4) is 0 Å². The maximum atomic E-state index is 13.2. The lowest BCUT2D eigenvalue weighted by Crippen LogP contribution is -2.52. The minimum absolute atomic E-state index is 0.199. The Morgan fingerprint density at radius 3 is 2.76 bits per heavy atom. The second-order valence-electron chi connectivity index (χ2n) is 13.8. The molecule has 2 N–H and O–H groups in total. The predicted octanol–water partition coefficient (Wildman–Crippen LogP) is 4.12. The Morgan fingerprint density at radius 1 is 1.00 bits per heavy atom. The van der Waals surface area contributed by atoms with Crippen molar-refractivity contribution in [2.45, 2.75) is 71.6 Å². The molecule has 9 rings (SSSR count). The molecule has 1 atom stereocenters. The molecule has 2 aromatic carbocycles. The molecule has 276 valence electrons. The zero-order valence-electron chi connectivity index (χ0n) is 30.0. The number of aromatic nitrogens is 7. The Bertz CT molecular complexity index is 2520. The van der Waals surface area contributed by atoms with Gasteiger partial charge in [-0.3, -0.25) is 28.9 Å². The molecule has 1 saturated heterocycles. The highest BCUT2D eigenvalue weighted by molar-refractivity contribution is 7.15. The van der Waals surface area contributed by atoms with Gasteiger partial charge in [-0.15, -0.1) is 21.5 Å². The molecular weight excluding hydrogens is 717 g/mol. The fourth-order valence-electron chi connectivity index (χ4n) is 7.37. The molecule has 0 saturated carbocycles. The quantitative estimate of drug-likeness (QED) is 0.164. The third kappa shape index (κ3) is 6.82. The number of benzene rings is 2. The number of nitrogens with zero attached hydrogens (tertiary/aromatic N) is 8. The van der Waals surface area contributed by atoms with Crippen molar-refractivity contribution in [3.8, 4) is 16.8 Å². The molecule has 1 unspecified atom stereocenters. The van der Waals surface area contributed by atoms with Crippen LogP contribution in [0.5, 0.6) is 0 Å². The number of rotatable bonds is 9. The number of hydrogen-bond donors (Lipinski definition) is 2. The highest BCUT2D eigenvalue weighted by atomic mass is 32.1. The lowest BCUT2D eigenvalue weighted by atomic mass is 10.0. The molecule has 14 nitrogen and oxygen atoms in total. The van der Waals surface area contributed by atoms with Gasteiger partial charge in [0.25, 0.3) is 5.91 Å². The van der Waals surface area contributed by atoms with Gasteiger partial charge >= 0.3 is 0 Å². The van der Waals surface area contributed by atoms with Gasteiger partial charge in [-0.25, -0.2) is 4.98 Å². The molecule has 55 heavy (non-hydrogen) atoms. The van der Waals surface area contributed by atoms with E-state index < -0.39 is 11.9 Å². The Kier molecular flexibility index (Phi) is 9.04. The van der Waals surface area contributed by atoms with Crippen molar-refractivity contribution in [3.05, 3.63) is 129 Å². The van der Waals surface area contributed by atoms with E-state index in [0.717, 1.165) is 61.6 Å². The van der Waals surface area contributed by atoms with Crippen LogP contribution in [0.25, 0.3) is 5.00 Å². The van der Waals surface area contributed by atoms with Crippen molar-refractivity contribution < 1.29 is 19.1 Å². The number of carbonyl (C=O) groups is 3. The first kappa shape index (κ1) is 34.4. The van der Waals surface area contributed by atoms with E-state index in [1.165, 1.54) is 5.56 Å². The lowest BCUT2D eigenvalue weighted by Gasteiger charge is -2.29. The Balaban J connectivity index is 0.851. The van der Waals surface area contributed by atoms with E-state index in [0.29, 0.717) is 51.4 Å². The zero-order chi connectivity index (χ0) is 37.5. The van der Waals surface area contributed by atoms with Crippen molar-refractivity contribution in [3.63, 3.8) is 0 Å². The van der Waals surface area contributed by atoms with Crippen LogP contribution in [0.1, 0.15) is 73.2 Å². The van der Waals surface area contributed by atoms with E-state index in [-0.39, 0.29) is 18.2 Å². The van der Waals surface area contributed by atoms with Crippen molar-refractivity contribution in [1.82, 2.24) is 44.3 Å². The highest BCUT2D eigenvalue weighted by Crippen LogP contribution is 2.37. The number of hydrogen-bond acceptors (Lipinski definition) is 10. The van der Waals surface area contributed by atoms with Crippen molar-refractivity contribution in [2.75, 3.05) is 5.32 Å². The number of thiophene rings is 1. The van der Waals surface area contributed by atoms with E-state index in [1.54, 1.807) is 34.8 Å². The van der Waals surface area contributed by atoms with Gasteiger partial charge in [0, 0.05) is 54.3 Å². The third-order valence-corrected chi connectivity index (χ3v) is 11.3. The fraction of sp³-hybridized carbons (Fsp3) is 0.275. The van der Waals surface area contributed by atoms with Crippen molar-refractivity contribution in [1.29, 1.82) is 0 Å². The molecule has 0 spiro atoms. The number of piperidine rings is 1. The first-order valence-electron chi connectivity index (χ1n) is 18.1. The summed E-state index contributed by atoms with van der Waals surface area (Å²) < 4.78 is 12.0. The zero-order valence-corrected chi connectivity index (χ0v) is 30.8. The SMILES string of the molecule is Cc1nnc2n1-c1sc(C#Cc3cnn(CCn4cnc(CNc5cccc6c5CN(C5CCC(=O)NC5=O)C6=O)c4)c3)c(Cc3ccccc3)c1COC2. The second kappa shape index (κ2) is 14.5. The Hall–Kier alpha value is -6.37. The molecule has 3 aliphatic rings. The van der Waals surface area contributed by atoms with E-state index in [4.69, 9.17) is 4.74 Å². The molecule has 3 aliphatic heterocycles. The minimum Gasteiger partial charge on any atom is -0.379 e. The first-order valence-corrected chi connectivity index (χ1v) is 18.9. The van der Waals surface area contributed by atoms with E-state index in [2.05, 4.69) is 71.6 Å². The standard InChI is InChI=1S/C40H36N10O4S/c1-25-45-46-36-23-54-22-32-30(16-26-6-3-2-4-7-26)35(55-40(32)50(25)36)12-10-27-17-43-48(19-27)15-14-47-20-28(42-24-47)18-41-33-9-5-8-29-31(33)21-49(39(29)53)34-11-13-37(51)44-38(34)52/h2-9,17,19-20,24,34,41H,11,13-16,18,21-23H2,1H3,(H,44,51,52). The average molecular weight is 753 g/mol. The van der Waals surface area contributed by atoms with Gasteiger partial charge in [0.05, 0.1) is 48.4 Å². The summed E-state index contributed by atoms with van der Waals surface area (Å²) in [6.45, 7) is 4.93. The van der Waals surface area contributed by atoms with Gasteiger partial charge in [0.2, 0.25) is 11.8 Å². The van der Waals surface area contributed by atoms with Crippen LogP contribution in [0.4, 0.5) is 5.69 Å². The van der Waals surface area contributed by atoms with Crippen LogP contribution in [-0.4, -0.2) is 62.8 Å². The molecule has 15 heteroatoms. The largest absolute Gasteiger partial charge is 0.379 e. The monoisotopic (exact) mass is 752 g/mol. The average Bonchev–Trinajstić information content (AvgIpc) is 4.02. The summed E-state index contributed by atoms with van der Waals surface area (Å²) in [5.41, 5.74) is 7.39. The molecule has 1 fully saturated rings. The lowest BCUT2D eigenvalue weighted by molar-refractivity contribution is -0.136. The molecule has 3 amide bonds. The Labute approximate surface area is 320 Å². The number of fused-ring (bicyclic) bond motifs is 4. The smallest absolute Gasteiger partial charge is 0.255 e. The van der Waals surface area contributed by atoms with Gasteiger partial charge in [-0.05, 0) is 43.0 Å². The van der Waals surface area contributed by atoms with Crippen LogP contribution in [0.2, 0.25) is 0 Å². The van der Waals surface area contributed by atoms with E-state index >= 15 is 0 Å². The number of nitrogens with one attached hydrogen (secondary N) is 2. The fourth-order valence-corrected chi connectivity index (χ4v) is 8.61. The molecule has 0 radical (unpaired) electrons. The van der Waals surface area contributed by atoms with E-state index in [1.807, 2.05) is 46.8 Å². The maximum absolute atomic E-state index is 13.2. The first-order chi connectivity index (χ1) is 26.9. The summed E-state index contributed by atoms with van der Waals surface area (Å²) in [4.78, 5) is 44.5. The summed E-state index contributed by atoms with van der Waals surface area (Å²) in [7, 11) is 0. The molecular formula is C40H36N10O4S. The van der Waals surface area contributed by atoms with Crippen LogP contribution in [0.15, 0.2) is 73.4 Å².